The number of pyridine rings is 1. The van der Waals surface area contributed by atoms with Gasteiger partial charge in [0.2, 0.25) is 0 Å². The molecule has 144 valence electrons. The number of rotatable bonds is 7. The second-order valence-corrected chi connectivity index (χ2v) is 8.17. The summed E-state index contributed by atoms with van der Waals surface area (Å²) in [5, 5.41) is 2.83. The van der Waals surface area contributed by atoms with E-state index < -0.39 is 10.0 Å². The molecule has 1 amide bonds. The standard InChI is InChI=1S/C21H21N3O3S/c1-24(19-7-3-2-4-8-19)28(26,27)20-11-9-18(10-12-20)21(25)23-15-13-17-6-5-14-22-16-17/h2-12,14,16H,13,15H2,1H3,(H,23,25). The van der Waals surface area contributed by atoms with Gasteiger partial charge in [-0.15, -0.1) is 0 Å². The summed E-state index contributed by atoms with van der Waals surface area (Å²) in [5.74, 6) is -0.246. The van der Waals surface area contributed by atoms with Gasteiger partial charge < -0.3 is 5.32 Å². The van der Waals surface area contributed by atoms with Gasteiger partial charge in [-0.3, -0.25) is 14.1 Å². The third-order valence-electron chi connectivity index (χ3n) is 4.32. The number of aromatic nitrogens is 1. The smallest absolute Gasteiger partial charge is 0.264 e. The average Bonchev–Trinajstić information content (AvgIpc) is 2.74. The van der Waals surface area contributed by atoms with Gasteiger partial charge in [0, 0.05) is 31.5 Å². The van der Waals surface area contributed by atoms with Crippen molar-refractivity contribution in [3.05, 3.63) is 90.3 Å². The van der Waals surface area contributed by atoms with Crippen LogP contribution in [0.1, 0.15) is 15.9 Å². The van der Waals surface area contributed by atoms with Gasteiger partial charge in [0.25, 0.3) is 15.9 Å². The fourth-order valence-corrected chi connectivity index (χ4v) is 3.88. The summed E-state index contributed by atoms with van der Waals surface area (Å²) in [5.41, 5.74) is 2.01. The lowest BCUT2D eigenvalue weighted by atomic mass is 10.2. The molecule has 0 aliphatic heterocycles. The zero-order chi connectivity index (χ0) is 20.0. The fourth-order valence-electron chi connectivity index (χ4n) is 2.68. The van der Waals surface area contributed by atoms with Crippen LogP contribution in [0.15, 0.2) is 84.0 Å². The molecule has 0 saturated heterocycles. The first-order valence-corrected chi connectivity index (χ1v) is 10.2. The Morgan fingerprint density at radius 1 is 1.00 bits per heavy atom. The molecule has 1 aromatic heterocycles. The Kier molecular flexibility index (Phi) is 6.06. The molecule has 0 aliphatic carbocycles. The summed E-state index contributed by atoms with van der Waals surface area (Å²) in [7, 11) is -2.19. The molecule has 1 N–H and O–H groups in total. The molecular formula is C21H21N3O3S. The first kappa shape index (κ1) is 19.6. The van der Waals surface area contributed by atoms with E-state index in [1.807, 2.05) is 18.2 Å². The number of carbonyl (C=O) groups is 1. The van der Waals surface area contributed by atoms with Gasteiger partial charge in [-0.05, 0) is 54.4 Å². The first-order chi connectivity index (χ1) is 13.5. The SMILES string of the molecule is CN(c1ccccc1)S(=O)(=O)c1ccc(C(=O)NCCc2cccnc2)cc1. The lowest BCUT2D eigenvalue weighted by Gasteiger charge is -2.19. The van der Waals surface area contributed by atoms with Gasteiger partial charge in [-0.25, -0.2) is 8.42 Å². The van der Waals surface area contributed by atoms with Gasteiger partial charge in [0.1, 0.15) is 0 Å². The van der Waals surface area contributed by atoms with Gasteiger partial charge in [-0.1, -0.05) is 24.3 Å². The van der Waals surface area contributed by atoms with Crippen LogP contribution in [0.3, 0.4) is 0 Å². The van der Waals surface area contributed by atoms with Crippen molar-refractivity contribution < 1.29 is 13.2 Å². The van der Waals surface area contributed by atoms with E-state index in [2.05, 4.69) is 10.3 Å². The van der Waals surface area contributed by atoms with E-state index in [0.29, 0.717) is 24.2 Å². The Bertz CT molecular complexity index is 1020. The van der Waals surface area contributed by atoms with Crippen LogP contribution in [0, 0.1) is 0 Å². The molecule has 6 nitrogen and oxygen atoms in total. The second-order valence-electron chi connectivity index (χ2n) is 6.20. The van der Waals surface area contributed by atoms with Crippen LogP contribution >= 0.6 is 0 Å². The van der Waals surface area contributed by atoms with E-state index in [1.165, 1.54) is 35.6 Å². The van der Waals surface area contributed by atoms with Crippen LogP contribution in [0.5, 0.6) is 0 Å². The van der Waals surface area contributed by atoms with Crippen molar-refractivity contribution >= 4 is 21.6 Å². The number of hydrogen-bond donors (Lipinski definition) is 1. The number of nitrogens with one attached hydrogen (secondary N) is 1. The highest BCUT2D eigenvalue weighted by Crippen LogP contribution is 2.21. The molecule has 0 fully saturated rings. The zero-order valence-electron chi connectivity index (χ0n) is 15.4. The van der Waals surface area contributed by atoms with Crippen LogP contribution in [-0.2, 0) is 16.4 Å². The number of nitrogens with zero attached hydrogens (tertiary/aromatic N) is 2. The number of sulfonamides is 1. The van der Waals surface area contributed by atoms with Crippen molar-refractivity contribution in [2.75, 3.05) is 17.9 Å². The number of amides is 1. The summed E-state index contributed by atoms with van der Waals surface area (Å²) in [6, 6.07) is 18.6. The van der Waals surface area contributed by atoms with E-state index in [9.17, 15) is 13.2 Å². The molecular weight excluding hydrogens is 374 g/mol. The minimum atomic E-state index is -3.69. The highest BCUT2D eigenvalue weighted by atomic mass is 32.2. The van der Waals surface area contributed by atoms with E-state index in [0.717, 1.165) is 5.56 Å². The van der Waals surface area contributed by atoms with Crippen LogP contribution in [-0.4, -0.2) is 32.9 Å². The summed E-state index contributed by atoms with van der Waals surface area (Å²) < 4.78 is 26.7. The number of para-hydroxylation sites is 1. The lowest BCUT2D eigenvalue weighted by Crippen LogP contribution is -2.27. The maximum atomic E-state index is 12.8. The summed E-state index contributed by atoms with van der Waals surface area (Å²) >= 11 is 0. The molecule has 1 heterocycles. The van der Waals surface area contributed by atoms with Crippen molar-refractivity contribution in [1.82, 2.24) is 10.3 Å². The molecule has 7 heteroatoms. The summed E-state index contributed by atoms with van der Waals surface area (Å²) in [6.45, 7) is 0.474. The van der Waals surface area contributed by atoms with Gasteiger partial charge in [0.15, 0.2) is 0 Å². The highest BCUT2D eigenvalue weighted by Gasteiger charge is 2.21. The molecule has 2 aromatic carbocycles. The minimum absolute atomic E-state index is 0.130. The molecule has 0 radical (unpaired) electrons. The Morgan fingerprint density at radius 3 is 2.36 bits per heavy atom. The number of hydrogen-bond acceptors (Lipinski definition) is 4. The fraction of sp³-hybridized carbons (Fsp3) is 0.143. The molecule has 28 heavy (non-hydrogen) atoms. The zero-order valence-corrected chi connectivity index (χ0v) is 16.3. The van der Waals surface area contributed by atoms with Crippen molar-refractivity contribution in [2.45, 2.75) is 11.3 Å². The lowest BCUT2D eigenvalue weighted by molar-refractivity contribution is 0.0954. The maximum absolute atomic E-state index is 12.8. The normalized spacial score (nSPS) is 11.0. The van der Waals surface area contributed by atoms with E-state index >= 15 is 0 Å². The van der Waals surface area contributed by atoms with Crippen LogP contribution in [0.2, 0.25) is 0 Å². The van der Waals surface area contributed by atoms with Crippen molar-refractivity contribution in [1.29, 1.82) is 0 Å². The third-order valence-corrected chi connectivity index (χ3v) is 6.12. The molecule has 0 atom stereocenters. The van der Waals surface area contributed by atoms with Gasteiger partial charge in [-0.2, -0.15) is 0 Å². The molecule has 0 saturated carbocycles. The first-order valence-electron chi connectivity index (χ1n) is 8.79. The summed E-state index contributed by atoms with van der Waals surface area (Å²) in [4.78, 5) is 16.4. The minimum Gasteiger partial charge on any atom is -0.352 e. The second kappa shape index (κ2) is 8.67. The molecule has 0 aliphatic rings. The van der Waals surface area contributed by atoms with E-state index in [4.69, 9.17) is 0 Å². The Balaban J connectivity index is 1.64. The molecule has 3 aromatic rings. The molecule has 0 spiro atoms. The number of benzene rings is 2. The maximum Gasteiger partial charge on any atom is 0.264 e. The monoisotopic (exact) mass is 395 g/mol. The predicted octanol–water partition coefficient (Wildman–Crippen LogP) is 2.88. The Labute approximate surface area is 164 Å². The predicted molar refractivity (Wildman–Crippen MR) is 109 cm³/mol. The Morgan fingerprint density at radius 2 is 1.71 bits per heavy atom. The van der Waals surface area contributed by atoms with Crippen LogP contribution < -0.4 is 9.62 Å². The summed E-state index contributed by atoms with van der Waals surface area (Å²) in [6.07, 6.45) is 4.13. The van der Waals surface area contributed by atoms with Crippen molar-refractivity contribution in [3.8, 4) is 0 Å². The molecule has 0 unspecified atom stereocenters. The quantitative estimate of drug-likeness (QED) is 0.667. The topological polar surface area (TPSA) is 79.4 Å². The largest absolute Gasteiger partial charge is 0.352 e. The van der Waals surface area contributed by atoms with Crippen LogP contribution in [0.25, 0.3) is 0 Å². The van der Waals surface area contributed by atoms with Gasteiger partial charge >= 0.3 is 0 Å². The van der Waals surface area contributed by atoms with Crippen molar-refractivity contribution in [3.63, 3.8) is 0 Å². The average molecular weight is 395 g/mol. The van der Waals surface area contributed by atoms with Crippen LogP contribution in [0.4, 0.5) is 5.69 Å². The third kappa shape index (κ3) is 4.55. The number of anilines is 1. The Hall–Kier alpha value is -3.19. The molecule has 3 rings (SSSR count). The molecule has 0 bridgehead atoms. The highest BCUT2D eigenvalue weighted by molar-refractivity contribution is 7.92. The van der Waals surface area contributed by atoms with Gasteiger partial charge in [0.05, 0.1) is 10.6 Å². The van der Waals surface area contributed by atoms with E-state index in [1.54, 1.807) is 36.7 Å². The number of carbonyl (C=O) groups excluding carboxylic acids is 1. The van der Waals surface area contributed by atoms with Crippen molar-refractivity contribution in [2.24, 2.45) is 0 Å². The van der Waals surface area contributed by atoms with E-state index in [-0.39, 0.29) is 10.8 Å².